The Kier molecular flexibility index (Phi) is 4.82. The van der Waals surface area contributed by atoms with Gasteiger partial charge >= 0.3 is 0 Å². The first-order chi connectivity index (χ1) is 11.0. The minimum absolute atomic E-state index is 0.0864. The number of nitrogens with one attached hydrogen (secondary N) is 3. The number of amides is 1. The number of hydrogen-bond donors (Lipinski definition) is 3. The number of hydrazine groups is 1. The number of halogens is 3. The Morgan fingerprint density at radius 1 is 1.17 bits per heavy atom. The van der Waals surface area contributed by atoms with Crippen LogP contribution in [0.15, 0.2) is 42.5 Å². The molecule has 0 bridgehead atoms. The van der Waals surface area contributed by atoms with Gasteiger partial charge in [0.15, 0.2) is 0 Å². The number of hydrogen-bond acceptors (Lipinski definition) is 3. The molecule has 2 aromatic carbocycles. The van der Waals surface area contributed by atoms with Crippen molar-refractivity contribution in [3.63, 3.8) is 0 Å². The van der Waals surface area contributed by atoms with Crippen LogP contribution in [-0.4, -0.2) is 12.1 Å². The van der Waals surface area contributed by atoms with E-state index in [0.29, 0.717) is 22.0 Å². The summed E-state index contributed by atoms with van der Waals surface area (Å²) in [6, 6.07) is 11.0. The number of rotatable bonds is 3. The molecule has 7 heteroatoms. The number of benzene rings is 2. The minimum atomic E-state index is -0.300. The van der Waals surface area contributed by atoms with Gasteiger partial charge in [-0.05, 0) is 35.9 Å². The van der Waals surface area contributed by atoms with Crippen molar-refractivity contribution in [2.75, 3.05) is 0 Å². The zero-order valence-corrected chi connectivity index (χ0v) is 13.5. The lowest BCUT2D eigenvalue weighted by atomic mass is 10.0. The Balaban J connectivity index is 1.64. The van der Waals surface area contributed by atoms with Crippen molar-refractivity contribution in [3.05, 3.63) is 69.5 Å². The second-order valence-electron chi connectivity index (χ2n) is 5.28. The Bertz CT molecular complexity index is 741. The van der Waals surface area contributed by atoms with Crippen LogP contribution in [0.25, 0.3) is 0 Å². The highest BCUT2D eigenvalue weighted by atomic mass is 35.5. The maximum atomic E-state index is 13.3. The van der Waals surface area contributed by atoms with Crippen molar-refractivity contribution in [1.29, 1.82) is 0 Å². The van der Waals surface area contributed by atoms with Crippen molar-refractivity contribution in [2.24, 2.45) is 0 Å². The van der Waals surface area contributed by atoms with E-state index < -0.39 is 0 Å². The summed E-state index contributed by atoms with van der Waals surface area (Å²) in [7, 11) is 0. The summed E-state index contributed by atoms with van der Waals surface area (Å²) < 4.78 is 13.3. The quantitative estimate of drug-likeness (QED) is 0.792. The van der Waals surface area contributed by atoms with E-state index in [4.69, 9.17) is 23.2 Å². The lowest BCUT2D eigenvalue weighted by Crippen LogP contribution is -2.44. The van der Waals surface area contributed by atoms with Gasteiger partial charge in [0.2, 0.25) is 0 Å². The molecule has 1 fully saturated rings. The molecule has 1 saturated heterocycles. The molecule has 0 saturated carbocycles. The van der Waals surface area contributed by atoms with Gasteiger partial charge in [-0.15, -0.1) is 0 Å². The van der Waals surface area contributed by atoms with E-state index in [0.717, 1.165) is 5.56 Å². The van der Waals surface area contributed by atoms with Crippen LogP contribution < -0.4 is 16.2 Å². The summed E-state index contributed by atoms with van der Waals surface area (Å²) >= 11 is 11.9. The topological polar surface area (TPSA) is 53.2 Å². The van der Waals surface area contributed by atoms with Crippen molar-refractivity contribution in [1.82, 2.24) is 16.2 Å². The van der Waals surface area contributed by atoms with E-state index >= 15 is 0 Å². The van der Waals surface area contributed by atoms with Gasteiger partial charge in [0, 0.05) is 17.5 Å². The number of carbonyl (C=O) groups is 1. The van der Waals surface area contributed by atoms with Crippen LogP contribution in [0.4, 0.5) is 4.39 Å². The van der Waals surface area contributed by atoms with Gasteiger partial charge in [-0.1, -0.05) is 35.3 Å². The third-order valence-corrected chi connectivity index (χ3v) is 4.18. The predicted molar refractivity (Wildman–Crippen MR) is 87.7 cm³/mol. The highest BCUT2D eigenvalue weighted by molar-refractivity contribution is 6.36. The second-order valence-corrected chi connectivity index (χ2v) is 6.13. The summed E-state index contributed by atoms with van der Waals surface area (Å²) in [5.41, 5.74) is 7.20. The fourth-order valence-corrected chi connectivity index (χ4v) is 3.00. The van der Waals surface area contributed by atoms with Crippen LogP contribution in [0, 0.1) is 5.82 Å². The zero-order chi connectivity index (χ0) is 16.4. The molecule has 3 N–H and O–H groups in total. The van der Waals surface area contributed by atoms with Crippen molar-refractivity contribution >= 4 is 29.1 Å². The monoisotopic (exact) mass is 353 g/mol. The molecular weight excluding hydrogens is 340 g/mol. The summed E-state index contributed by atoms with van der Waals surface area (Å²) in [4.78, 5) is 12.3. The molecule has 1 aliphatic rings. The van der Waals surface area contributed by atoms with E-state index in [-0.39, 0.29) is 23.9 Å². The SMILES string of the molecule is O=C(NC1CC(c2cccc(F)c2)NN1)c1ccc(Cl)cc1Cl. The summed E-state index contributed by atoms with van der Waals surface area (Å²) in [5.74, 6) is -0.587. The average molecular weight is 354 g/mol. The summed E-state index contributed by atoms with van der Waals surface area (Å²) in [5, 5.41) is 3.60. The molecule has 2 aromatic rings. The Morgan fingerprint density at radius 3 is 2.74 bits per heavy atom. The molecule has 4 nitrogen and oxygen atoms in total. The zero-order valence-electron chi connectivity index (χ0n) is 11.9. The predicted octanol–water partition coefficient (Wildman–Crippen LogP) is 3.43. The fraction of sp³-hybridized carbons (Fsp3) is 0.188. The average Bonchev–Trinajstić information content (AvgIpc) is 2.95. The molecule has 1 amide bonds. The van der Waals surface area contributed by atoms with Gasteiger partial charge in [0.05, 0.1) is 16.8 Å². The highest BCUT2D eigenvalue weighted by Gasteiger charge is 2.27. The van der Waals surface area contributed by atoms with Crippen LogP contribution >= 0.6 is 23.2 Å². The molecule has 1 aliphatic heterocycles. The van der Waals surface area contributed by atoms with E-state index in [1.807, 2.05) is 6.07 Å². The Hall–Kier alpha value is -1.66. The Morgan fingerprint density at radius 2 is 2.00 bits per heavy atom. The summed E-state index contributed by atoms with van der Waals surface area (Å²) in [6.07, 6.45) is 0.294. The first-order valence-electron chi connectivity index (χ1n) is 7.05. The molecule has 23 heavy (non-hydrogen) atoms. The van der Waals surface area contributed by atoms with E-state index in [2.05, 4.69) is 16.2 Å². The van der Waals surface area contributed by atoms with Crippen molar-refractivity contribution < 1.29 is 9.18 Å². The van der Waals surface area contributed by atoms with E-state index in [1.165, 1.54) is 18.2 Å². The van der Waals surface area contributed by atoms with Crippen LogP contribution in [0.3, 0.4) is 0 Å². The maximum Gasteiger partial charge on any atom is 0.254 e. The van der Waals surface area contributed by atoms with Crippen LogP contribution in [0.1, 0.15) is 28.4 Å². The summed E-state index contributed by atoms with van der Waals surface area (Å²) in [6.45, 7) is 0. The minimum Gasteiger partial charge on any atom is -0.335 e. The van der Waals surface area contributed by atoms with Crippen LogP contribution in [0.5, 0.6) is 0 Å². The van der Waals surface area contributed by atoms with Crippen molar-refractivity contribution in [2.45, 2.75) is 18.6 Å². The Labute approximate surface area is 142 Å². The van der Waals surface area contributed by atoms with Gasteiger partial charge in [-0.25, -0.2) is 15.2 Å². The maximum absolute atomic E-state index is 13.3. The van der Waals surface area contributed by atoms with Gasteiger partial charge < -0.3 is 5.32 Å². The fourth-order valence-electron chi connectivity index (χ4n) is 2.50. The normalized spacial score (nSPS) is 20.5. The molecule has 1 heterocycles. The molecule has 120 valence electrons. The largest absolute Gasteiger partial charge is 0.335 e. The van der Waals surface area contributed by atoms with Gasteiger partial charge in [-0.3, -0.25) is 4.79 Å². The highest BCUT2D eigenvalue weighted by Crippen LogP contribution is 2.23. The molecule has 0 spiro atoms. The smallest absolute Gasteiger partial charge is 0.254 e. The number of carbonyl (C=O) groups excluding carboxylic acids is 1. The standard InChI is InChI=1S/C16H14Cl2FN3O/c17-10-4-5-12(13(18)7-10)16(23)20-15-8-14(21-22-15)9-2-1-3-11(19)6-9/h1-7,14-15,21-22H,8H2,(H,20,23). The van der Waals surface area contributed by atoms with Gasteiger partial charge in [0.25, 0.3) is 5.91 Å². The van der Waals surface area contributed by atoms with Gasteiger partial charge in [-0.2, -0.15) is 0 Å². The molecule has 0 aromatic heterocycles. The molecule has 0 radical (unpaired) electrons. The first kappa shape index (κ1) is 16.2. The molecular formula is C16H14Cl2FN3O. The molecule has 0 aliphatic carbocycles. The first-order valence-corrected chi connectivity index (χ1v) is 7.81. The second kappa shape index (κ2) is 6.84. The van der Waals surface area contributed by atoms with Gasteiger partial charge in [0.1, 0.15) is 5.82 Å². The molecule has 2 unspecified atom stereocenters. The van der Waals surface area contributed by atoms with Crippen LogP contribution in [0.2, 0.25) is 10.0 Å². The van der Waals surface area contributed by atoms with E-state index in [1.54, 1.807) is 18.2 Å². The van der Waals surface area contributed by atoms with E-state index in [9.17, 15) is 9.18 Å². The van der Waals surface area contributed by atoms with Crippen molar-refractivity contribution in [3.8, 4) is 0 Å². The molecule has 3 rings (SSSR count). The third-order valence-electron chi connectivity index (χ3n) is 3.64. The molecule has 2 atom stereocenters. The third kappa shape index (κ3) is 3.82. The lowest BCUT2D eigenvalue weighted by molar-refractivity contribution is 0.0932. The lowest BCUT2D eigenvalue weighted by Gasteiger charge is -2.13. The van der Waals surface area contributed by atoms with Crippen LogP contribution in [-0.2, 0) is 0 Å².